The third-order valence-corrected chi connectivity index (χ3v) is 5.59. The van der Waals surface area contributed by atoms with Crippen molar-refractivity contribution in [3.63, 3.8) is 0 Å². The Morgan fingerprint density at radius 2 is 1.52 bits per heavy atom. The minimum Gasteiger partial charge on any atom is -0.282 e. The first-order chi connectivity index (χ1) is 9.99. The number of hydrogen-bond acceptors (Lipinski definition) is 2. The summed E-state index contributed by atoms with van der Waals surface area (Å²) < 4.78 is 30.9. The number of rotatable bonds is 6. The van der Waals surface area contributed by atoms with Crippen molar-refractivity contribution in [1.82, 2.24) is 0 Å². The summed E-state index contributed by atoms with van der Waals surface area (Å²) in [6.45, 7) is 2.27. The van der Waals surface area contributed by atoms with E-state index in [0.717, 1.165) is 23.8 Å². The highest BCUT2D eigenvalue weighted by molar-refractivity contribution is 7.85. The largest absolute Gasteiger partial charge is 0.294 e. The van der Waals surface area contributed by atoms with E-state index in [1.54, 1.807) is 0 Å². The zero-order valence-electron chi connectivity index (χ0n) is 12.8. The Labute approximate surface area is 128 Å². The molecule has 0 bridgehead atoms. The maximum atomic E-state index is 11.0. The first-order valence-electron chi connectivity index (χ1n) is 8.05. The van der Waals surface area contributed by atoms with E-state index in [2.05, 4.69) is 6.92 Å². The van der Waals surface area contributed by atoms with Gasteiger partial charge in [-0.3, -0.25) is 4.55 Å². The van der Waals surface area contributed by atoms with Crippen molar-refractivity contribution in [3.05, 3.63) is 29.8 Å². The summed E-state index contributed by atoms with van der Waals surface area (Å²) in [7, 11) is -4.07. The molecule has 0 aromatic heterocycles. The lowest BCUT2D eigenvalue weighted by Crippen LogP contribution is -2.15. The van der Waals surface area contributed by atoms with Crippen LogP contribution in [0.4, 0.5) is 0 Å². The molecule has 4 heteroatoms. The van der Waals surface area contributed by atoms with E-state index in [-0.39, 0.29) is 4.90 Å². The maximum Gasteiger partial charge on any atom is 0.294 e. The Hall–Kier alpha value is -0.870. The van der Waals surface area contributed by atoms with Crippen LogP contribution in [0.15, 0.2) is 29.2 Å². The van der Waals surface area contributed by atoms with Gasteiger partial charge >= 0.3 is 0 Å². The molecule has 2 rings (SSSR count). The van der Waals surface area contributed by atoms with Crippen LogP contribution in [0.3, 0.4) is 0 Å². The van der Waals surface area contributed by atoms with Gasteiger partial charge in [-0.15, -0.1) is 0 Å². The Morgan fingerprint density at radius 1 is 1.00 bits per heavy atom. The number of aryl methyl sites for hydroxylation is 1. The fourth-order valence-corrected chi connectivity index (χ4v) is 3.90. The predicted octanol–water partition coefficient (Wildman–Crippen LogP) is 4.47. The van der Waals surface area contributed by atoms with Crippen molar-refractivity contribution in [2.75, 3.05) is 0 Å². The Kier molecular flexibility index (Phi) is 5.82. The molecule has 0 saturated heterocycles. The van der Waals surface area contributed by atoms with Crippen molar-refractivity contribution in [2.45, 2.75) is 63.2 Å². The molecule has 1 aromatic carbocycles. The van der Waals surface area contributed by atoms with Gasteiger partial charge in [-0.25, -0.2) is 0 Å². The van der Waals surface area contributed by atoms with Gasteiger partial charge < -0.3 is 0 Å². The summed E-state index contributed by atoms with van der Waals surface area (Å²) >= 11 is 0. The molecule has 0 unspecified atom stereocenters. The Bertz CT molecular complexity index is 526. The zero-order chi connectivity index (χ0) is 15.3. The predicted molar refractivity (Wildman–Crippen MR) is 84.9 cm³/mol. The molecule has 0 aliphatic heterocycles. The molecule has 3 nitrogen and oxygen atoms in total. The van der Waals surface area contributed by atoms with E-state index >= 15 is 0 Å². The zero-order valence-corrected chi connectivity index (χ0v) is 13.6. The normalized spacial score (nSPS) is 23.1. The fraction of sp³-hybridized carbons (Fsp3) is 0.647. The van der Waals surface area contributed by atoms with Crippen molar-refractivity contribution in [2.24, 2.45) is 11.8 Å². The molecule has 21 heavy (non-hydrogen) atoms. The van der Waals surface area contributed by atoms with Crippen LogP contribution in [0, 0.1) is 11.8 Å². The minimum absolute atomic E-state index is 0.0219. The monoisotopic (exact) mass is 310 g/mol. The van der Waals surface area contributed by atoms with Gasteiger partial charge in [0.15, 0.2) is 0 Å². The quantitative estimate of drug-likeness (QED) is 0.789. The minimum atomic E-state index is -4.07. The summed E-state index contributed by atoms with van der Waals surface area (Å²) in [6, 6.07) is 6.60. The molecule has 1 aromatic rings. The van der Waals surface area contributed by atoms with Crippen LogP contribution >= 0.6 is 0 Å². The van der Waals surface area contributed by atoms with Crippen molar-refractivity contribution < 1.29 is 13.0 Å². The van der Waals surface area contributed by atoms with Gasteiger partial charge in [0.05, 0.1) is 4.90 Å². The molecular weight excluding hydrogens is 284 g/mol. The second-order valence-corrected chi connectivity index (χ2v) is 7.75. The first-order valence-corrected chi connectivity index (χ1v) is 9.49. The Balaban J connectivity index is 1.79. The van der Waals surface area contributed by atoms with Gasteiger partial charge in [0.25, 0.3) is 10.1 Å². The summed E-state index contributed by atoms with van der Waals surface area (Å²) in [5.41, 5.74) is 1.15. The van der Waals surface area contributed by atoms with Crippen LogP contribution in [-0.2, 0) is 16.5 Å². The lowest BCUT2D eigenvalue weighted by Gasteiger charge is -2.28. The van der Waals surface area contributed by atoms with E-state index in [9.17, 15) is 8.42 Å². The molecule has 1 aliphatic rings. The van der Waals surface area contributed by atoms with Crippen LogP contribution in [-0.4, -0.2) is 13.0 Å². The smallest absolute Gasteiger partial charge is 0.282 e. The average Bonchev–Trinajstić information content (AvgIpc) is 2.46. The summed E-state index contributed by atoms with van der Waals surface area (Å²) in [5.74, 6) is 1.76. The van der Waals surface area contributed by atoms with Crippen LogP contribution in [0.5, 0.6) is 0 Å². The van der Waals surface area contributed by atoms with Gasteiger partial charge in [-0.1, -0.05) is 57.6 Å². The second kappa shape index (κ2) is 7.41. The average molecular weight is 310 g/mol. The SMILES string of the molecule is CCCC1CCC(CCc2ccc(S(=O)(=O)O)cc2)CC1. The third-order valence-electron chi connectivity index (χ3n) is 4.73. The van der Waals surface area contributed by atoms with Gasteiger partial charge in [0, 0.05) is 0 Å². The molecule has 1 fully saturated rings. The van der Waals surface area contributed by atoms with Gasteiger partial charge in [-0.05, 0) is 42.4 Å². The molecule has 1 saturated carbocycles. The molecule has 0 heterocycles. The van der Waals surface area contributed by atoms with Crippen LogP contribution in [0.2, 0.25) is 0 Å². The first kappa shape index (κ1) is 16.5. The van der Waals surface area contributed by atoms with E-state index in [1.165, 1.54) is 57.1 Å². The third kappa shape index (κ3) is 5.11. The molecule has 0 radical (unpaired) electrons. The van der Waals surface area contributed by atoms with Crippen LogP contribution < -0.4 is 0 Å². The van der Waals surface area contributed by atoms with Gasteiger partial charge in [0.2, 0.25) is 0 Å². The summed E-state index contributed by atoms with van der Waals surface area (Å²) in [4.78, 5) is -0.0219. The molecule has 1 aliphatic carbocycles. The highest BCUT2D eigenvalue weighted by atomic mass is 32.2. The van der Waals surface area contributed by atoms with Crippen molar-refractivity contribution >= 4 is 10.1 Å². The van der Waals surface area contributed by atoms with Gasteiger partial charge in [0.1, 0.15) is 0 Å². The van der Waals surface area contributed by atoms with E-state index < -0.39 is 10.1 Å². The van der Waals surface area contributed by atoms with Crippen molar-refractivity contribution in [3.8, 4) is 0 Å². The number of benzene rings is 1. The standard InChI is InChI=1S/C17H26O3S/c1-2-3-14-4-6-15(7-5-14)8-9-16-10-12-17(13-11-16)21(18,19)20/h10-15H,2-9H2,1H3,(H,18,19,20). The summed E-state index contributed by atoms with van der Waals surface area (Å²) in [6.07, 6.45) is 10.3. The molecule has 0 spiro atoms. The molecule has 1 N–H and O–H groups in total. The van der Waals surface area contributed by atoms with E-state index in [0.29, 0.717) is 0 Å². The second-order valence-electron chi connectivity index (χ2n) is 6.33. The lowest BCUT2D eigenvalue weighted by atomic mass is 9.78. The van der Waals surface area contributed by atoms with Crippen LogP contribution in [0.25, 0.3) is 0 Å². The maximum absolute atomic E-state index is 11.0. The van der Waals surface area contributed by atoms with E-state index in [1.807, 2.05) is 12.1 Å². The highest BCUT2D eigenvalue weighted by Crippen LogP contribution is 2.33. The van der Waals surface area contributed by atoms with Crippen LogP contribution in [0.1, 0.15) is 57.4 Å². The fourth-order valence-electron chi connectivity index (χ4n) is 3.42. The topological polar surface area (TPSA) is 54.4 Å². The van der Waals surface area contributed by atoms with Gasteiger partial charge in [-0.2, -0.15) is 8.42 Å². The summed E-state index contributed by atoms with van der Waals surface area (Å²) in [5, 5.41) is 0. The molecular formula is C17H26O3S. The van der Waals surface area contributed by atoms with E-state index in [4.69, 9.17) is 4.55 Å². The highest BCUT2D eigenvalue weighted by Gasteiger charge is 2.20. The lowest BCUT2D eigenvalue weighted by molar-refractivity contribution is 0.252. The molecule has 118 valence electrons. The molecule has 0 amide bonds. The molecule has 0 atom stereocenters. The Morgan fingerprint density at radius 3 is 2.00 bits per heavy atom. The van der Waals surface area contributed by atoms with Crippen molar-refractivity contribution in [1.29, 1.82) is 0 Å². The number of hydrogen-bond donors (Lipinski definition) is 1.